The van der Waals surface area contributed by atoms with Crippen molar-refractivity contribution in [3.8, 4) is 11.5 Å². The van der Waals surface area contributed by atoms with E-state index in [0.717, 1.165) is 28.2 Å². The van der Waals surface area contributed by atoms with E-state index in [1.807, 2.05) is 78.2 Å². The number of carbonyl (C=O) groups excluding carboxylic acids is 1. The van der Waals surface area contributed by atoms with Gasteiger partial charge in [-0.3, -0.25) is 9.36 Å². The fourth-order valence-corrected chi connectivity index (χ4v) is 3.40. The van der Waals surface area contributed by atoms with E-state index in [4.69, 9.17) is 0 Å². The Balaban J connectivity index is 1.37. The third kappa shape index (κ3) is 3.12. The number of para-hydroxylation sites is 3. The number of anilines is 1. The lowest BCUT2D eigenvalue weighted by molar-refractivity contribution is 0.102. The molecule has 1 N–H and O–H groups in total. The first-order valence-electron chi connectivity index (χ1n) is 9.50. The predicted octanol–water partition coefficient (Wildman–Crippen LogP) is 4.17. The molecule has 0 aliphatic heterocycles. The molecule has 0 saturated heterocycles. The molecular formula is C23H18N6O. The first-order chi connectivity index (χ1) is 14.7. The van der Waals surface area contributed by atoms with Gasteiger partial charge in [0.2, 0.25) is 0 Å². The molecule has 0 unspecified atom stereocenters. The van der Waals surface area contributed by atoms with E-state index < -0.39 is 0 Å². The quantitative estimate of drug-likeness (QED) is 0.496. The smallest absolute Gasteiger partial charge is 0.259 e. The molecular weight excluding hydrogens is 376 g/mol. The maximum absolute atomic E-state index is 12.8. The predicted molar refractivity (Wildman–Crippen MR) is 115 cm³/mol. The SMILES string of the molecule is Cc1c(C(=O)Nc2ccc(-n3cnc4ccccc43)nc2)cnn1-c1ccccc1. The van der Waals surface area contributed by atoms with Gasteiger partial charge in [-0.05, 0) is 43.3 Å². The summed E-state index contributed by atoms with van der Waals surface area (Å²) in [7, 11) is 0. The highest BCUT2D eigenvalue weighted by Crippen LogP contribution is 2.19. The molecule has 0 spiro atoms. The van der Waals surface area contributed by atoms with Crippen molar-refractivity contribution in [2.45, 2.75) is 6.92 Å². The third-order valence-corrected chi connectivity index (χ3v) is 4.96. The first kappa shape index (κ1) is 17.8. The Bertz CT molecular complexity index is 1340. The molecule has 1 amide bonds. The van der Waals surface area contributed by atoms with Gasteiger partial charge in [-0.1, -0.05) is 30.3 Å². The largest absolute Gasteiger partial charge is 0.320 e. The lowest BCUT2D eigenvalue weighted by atomic mass is 10.2. The number of imidazole rings is 1. The van der Waals surface area contributed by atoms with Crippen molar-refractivity contribution in [3.05, 3.63) is 96.7 Å². The number of fused-ring (bicyclic) bond motifs is 1. The van der Waals surface area contributed by atoms with Crippen molar-refractivity contribution in [3.63, 3.8) is 0 Å². The molecule has 0 aliphatic carbocycles. The van der Waals surface area contributed by atoms with Crippen molar-refractivity contribution in [1.82, 2.24) is 24.3 Å². The Morgan fingerprint density at radius 2 is 1.70 bits per heavy atom. The summed E-state index contributed by atoms with van der Waals surface area (Å²) in [6, 6.07) is 21.3. The molecule has 5 rings (SSSR count). The number of nitrogens with one attached hydrogen (secondary N) is 1. The second-order valence-electron chi connectivity index (χ2n) is 6.85. The Kier molecular flexibility index (Phi) is 4.33. The highest BCUT2D eigenvalue weighted by molar-refractivity contribution is 6.04. The number of hydrogen-bond acceptors (Lipinski definition) is 4. The molecule has 0 radical (unpaired) electrons. The van der Waals surface area contributed by atoms with E-state index in [9.17, 15) is 4.79 Å². The summed E-state index contributed by atoms with van der Waals surface area (Å²) >= 11 is 0. The van der Waals surface area contributed by atoms with Crippen LogP contribution in [0.3, 0.4) is 0 Å². The number of benzene rings is 2. The van der Waals surface area contributed by atoms with E-state index in [1.54, 1.807) is 23.4 Å². The molecule has 0 aliphatic rings. The van der Waals surface area contributed by atoms with Crippen LogP contribution >= 0.6 is 0 Å². The number of carbonyl (C=O) groups is 1. The Hall–Kier alpha value is -4.26. The van der Waals surface area contributed by atoms with Crippen LogP contribution in [0.15, 0.2) is 85.5 Å². The average molecular weight is 394 g/mol. The molecule has 3 aromatic heterocycles. The number of rotatable bonds is 4. The number of pyridine rings is 1. The van der Waals surface area contributed by atoms with Crippen LogP contribution in [0.2, 0.25) is 0 Å². The first-order valence-corrected chi connectivity index (χ1v) is 9.50. The summed E-state index contributed by atoms with van der Waals surface area (Å²) in [6.45, 7) is 1.88. The van der Waals surface area contributed by atoms with E-state index in [0.29, 0.717) is 11.3 Å². The molecule has 7 nitrogen and oxygen atoms in total. The lowest BCUT2D eigenvalue weighted by Gasteiger charge is -2.08. The molecule has 146 valence electrons. The van der Waals surface area contributed by atoms with Crippen LogP contribution in [-0.2, 0) is 0 Å². The number of amides is 1. The van der Waals surface area contributed by atoms with Crippen molar-refractivity contribution >= 4 is 22.6 Å². The lowest BCUT2D eigenvalue weighted by Crippen LogP contribution is -2.13. The molecule has 2 aromatic carbocycles. The summed E-state index contributed by atoms with van der Waals surface area (Å²) in [5, 5.41) is 7.25. The van der Waals surface area contributed by atoms with Crippen LogP contribution in [0.4, 0.5) is 5.69 Å². The van der Waals surface area contributed by atoms with Crippen LogP contribution in [-0.4, -0.2) is 30.2 Å². The molecule has 0 fully saturated rings. The van der Waals surface area contributed by atoms with Gasteiger partial charge in [0.05, 0.1) is 46.1 Å². The maximum atomic E-state index is 12.8. The molecule has 0 saturated carbocycles. The van der Waals surface area contributed by atoms with E-state index in [2.05, 4.69) is 20.4 Å². The maximum Gasteiger partial charge on any atom is 0.259 e. The minimum absolute atomic E-state index is 0.225. The monoisotopic (exact) mass is 394 g/mol. The van der Waals surface area contributed by atoms with Gasteiger partial charge >= 0.3 is 0 Å². The van der Waals surface area contributed by atoms with Crippen molar-refractivity contribution in [2.75, 3.05) is 5.32 Å². The summed E-state index contributed by atoms with van der Waals surface area (Å²) in [5.41, 5.74) is 4.69. The summed E-state index contributed by atoms with van der Waals surface area (Å²) in [5.74, 6) is 0.507. The fourth-order valence-electron chi connectivity index (χ4n) is 3.40. The van der Waals surface area contributed by atoms with Crippen LogP contribution in [0.25, 0.3) is 22.5 Å². The van der Waals surface area contributed by atoms with Crippen molar-refractivity contribution < 1.29 is 4.79 Å². The van der Waals surface area contributed by atoms with Gasteiger partial charge in [-0.25, -0.2) is 14.6 Å². The number of hydrogen-bond donors (Lipinski definition) is 1. The van der Waals surface area contributed by atoms with Gasteiger partial charge in [0.1, 0.15) is 12.1 Å². The molecule has 30 heavy (non-hydrogen) atoms. The summed E-state index contributed by atoms with van der Waals surface area (Å²) in [6.07, 6.45) is 4.96. The van der Waals surface area contributed by atoms with E-state index in [-0.39, 0.29) is 5.91 Å². The highest BCUT2D eigenvalue weighted by atomic mass is 16.1. The molecule has 3 heterocycles. The third-order valence-electron chi connectivity index (χ3n) is 4.96. The second kappa shape index (κ2) is 7.29. The summed E-state index contributed by atoms with van der Waals surface area (Å²) in [4.78, 5) is 21.6. The van der Waals surface area contributed by atoms with Crippen LogP contribution in [0.5, 0.6) is 0 Å². The second-order valence-corrected chi connectivity index (χ2v) is 6.85. The van der Waals surface area contributed by atoms with E-state index >= 15 is 0 Å². The zero-order valence-electron chi connectivity index (χ0n) is 16.2. The van der Waals surface area contributed by atoms with Gasteiger partial charge in [0.15, 0.2) is 0 Å². The Labute approximate surface area is 172 Å². The van der Waals surface area contributed by atoms with Gasteiger partial charge in [0, 0.05) is 0 Å². The summed E-state index contributed by atoms with van der Waals surface area (Å²) < 4.78 is 3.66. The Morgan fingerprint density at radius 3 is 2.50 bits per heavy atom. The van der Waals surface area contributed by atoms with Gasteiger partial charge in [-0.15, -0.1) is 0 Å². The zero-order valence-corrected chi connectivity index (χ0v) is 16.2. The minimum atomic E-state index is -0.225. The average Bonchev–Trinajstić information content (AvgIpc) is 3.39. The number of aromatic nitrogens is 5. The van der Waals surface area contributed by atoms with Crippen LogP contribution in [0, 0.1) is 6.92 Å². The Morgan fingerprint density at radius 1 is 0.900 bits per heavy atom. The molecule has 7 heteroatoms. The van der Waals surface area contributed by atoms with Gasteiger partial charge in [0.25, 0.3) is 5.91 Å². The zero-order chi connectivity index (χ0) is 20.5. The van der Waals surface area contributed by atoms with Crippen LogP contribution in [0.1, 0.15) is 16.1 Å². The van der Waals surface area contributed by atoms with Gasteiger partial charge < -0.3 is 5.32 Å². The highest BCUT2D eigenvalue weighted by Gasteiger charge is 2.15. The minimum Gasteiger partial charge on any atom is -0.320 e. The molecule has 0 bridgehead atoms. The van der Waals surface area contributed by atoms with Crippen molar-refractivity contribution in [1.29, 1.82) is 0 Å². The van der Waals surface area contributed by atoms with E-state index in [1.165, 1.54) is 0 Å². The topological polar surface area (TPSA) is 77.6 Å². The molecule has 0 atom stereocenters. The fraction of sp³-hybridized carbons (Fsp3) is 0.0435. The van der Waals surface area contributed by atoms with Crippen molar-refractivity contribution in [2.24, 2.45) is 0 Å². The number of nitrogens with zero attached hydrogens (tertiary/aromatic N) is 5. The standard InChI is InChI=1S/C23H18N6O/c1-16-19(14-26-29(16)18-7-3-2-4-8-18)23(30)27-17-11-12-22(24-13-17)28-15-25-20-9-5-6-10-21(20)28/h2-15H,1H3,(H,27,30). The normalized spacial score (nSPS) is 11.0. The molecule has 5 aromatic rings. The van der Waals surface area contributed by atoms with Gasteiger partial charge in [-0.2, -0.15) is 5.10 Å². The van der Waals surface area contributed by atoms with Crippen LogP contribution < -0.4 is 5.32 Å².